The van der Waals surface area contributed by atoms with Crippen molar-refractivity contribution in [2.75, 3.05) is 13.1 Å². The molecule has 0 spiro atoms. The maximum Gasteiger partial charge on any atom is 0.250 e. The zero-order chi connectivity index (χ0) is 14.5. The van der Waals surface area contributed by atoms with Gasteiger partial charge in [0.1, 0.15) is 6.04 Å². The number of hydrogen-bond donors (Lipinski definition) is 1. The molecule has 6 heteroatoms. The highest BCUT2D eigenvalue weighted by atomic mass is 16.2. The van der Waals surface area contributed by atoms with Gasteiger partial charge in [-0.25, -0.2) is 0 Å². The molecule has 1 atom stereocenters. The molecule has 0 aromatic carbocycles. The van der Waals surface area contributed by atoms with E-state index in [1.54, 1.807) is 27.8 Å². The van der Waals surface area contributed by atoms with E-state index in [4.69, 9.17) is 0 Å². The predicted molar refractivity (Wildman–Crippen MR) is 74.1 cm³/mol. The zero-order valence-corrected chi connectivity index (χ0v) is 11.5. The van der Waals surface area contributed by atoms with Crippen LogP contribution in [-0.2, 0) is 16.1 Å². The fraction of sp³-hybridized carbons (Fsp3) is 0.500. The molecule has 2 rings (SSSR count). The summed E-state index contributed by atoms with van der Waals surface area (Å²) in [5, 5.41) is 2.61. The average molecular weight is 277 g/mol. The van der Waals surface area contributed by atoms with Gasteiger partial charge in [-0.3, -0.25) is 14.4 Å². The van der Waals surface area contributed by atoms with E-state index in [-0.39, 0.29) is 23.9 Å². The maximum absolute atomic E-state index is 12.0. The summed E-state index contributed by atoms with van der Waals surface area (Å²) < 4.78 is 1.54. The van der Waals surface area contributed by atoms with Crippen LogP contribution in [0, 0.1) is 0 Å². The Labute approximate surface area is 117 Å². The highest BCUT2D eigenvalue weighted by Crippen LogP contribution is 2.11. The van der Waals surface area contributed by atoms with Crippen LogP contribution in [0.4, 0.5) is 0 Å². The second-order valence-corrected chi connectivity index (χ2v) is 4.84. The molecule has 1 unspecified atom stereocenters. The molecule has 0 bridgehead atoms. The Hall–Kier alpha value is -2.11. The number of hydrogen-bond acceptors (Lipinski definition) is 3. The molecule has 6 nitrogen and oxygen atoms in total. The van der Waals surface area contributed by atoms with E-state index in [9.17, 15) is 14.4 Å². The summed E-state index contributed by atoms with van der Waals surface area (Å²) in [6.07, 6.45) is 3.15. The van der Waals surface area contributed by atoms with Gasteiger partial charge in [0.25, 0.3) is 5.56 Å². The van der Waals surface area contributed by atoms with E-state index >= 15 is 0 Å². The van der Waals surface area contributed by atoms with E-state index in [0.717, 1.165) is 6.42 Å². The second kappa shape index (κ2) is 6.36. The van der Waals surface area contributed by atoms with Crippen LogP contribution >= 0.6 is 0 Å². The summed E-state index contributed by atoms with van der Waals surface area (Å²) in [6, 6.07) is 4.52. The molecule has 0 saturated carbocycles. The van der Waals surface area contributed by atoms with Crippen molar-refractivity contribution >= 4 is 11.8 Å². The van der Waals surface area contributed by atoms with Crippen LogP contribution in [0.25, 0.3) is 0 Å². The molecule has 2 heterocycles. The molecular formula is C14H19N3O3. The Balaban J connectivity index is 2.08. The quantitative estimate of drug-likeness (QED) is 0.822. The zero-order valence-electron chi connectivity index (χ0n) is 11.5. The standard InChI is InChI=1S/C14H19N3O3/c1-2-5-11-14(20)15-10-13(19)17(11)9-8-16-7-4-3-6-12(16)18/h3-4,6-7,11H,2,5,8-10H2,1H3,(H,15,20). The first-order valence-corrected chi connectivity index (χ1v) is 6.86. The highest BCUT2D eigenvalue weighted by molar-refractivity contribution is 5.94. The van der Waals surface area contributed by atoms with Crippen molar-refractivity contribution in [1.29, 1.82) is 0 Å². The lowest BCUT2D eigenvalue weighted by atomic mass is 10.1. The van der Waals surface area contributed by atoms with Crippen LogP contribution in [0.1, 0.15) is 19.8 Å². The van der Waals surface area contributed by atoms with Crippen molar-refractivity contribution in [2.45, 2.75) is 32.4 Å². The van der Waals surface area contributed by atoms with E-state index < -0.39 is 6.04 Å². The first-order valence-electron chi connectivity index (χ1n) is 6.86. The second-order valence-electron chi connectivity index (χ2n) is 4.84. The summed E-state index contributed by atoms with van der Waals surface area (Å²) in [5.41, 5.74) is -0.103. The molecule has 1 aromatic rings. The lowest BCUT2D eigenvalue weighted by Gasteiger charge is -2.35. The molecule has 2 amide bonds. The Kier molecular flexibility index (Phi) is 4.55. The third-order valence-corrected chi connectivity index (χ3v) is 3.46. The Morgan fingerprint density at radius 3 is 2.75 bits per heavy atom. The molecule has 20 heavy (non-hydrogen) atoms. The smallest absolute Gasteiger partial charge is 0.250 e. The molecule has 0 radical (unpaired) electrons. The summed E-state index contributed by atoms with van der Waals surface area (Å²) >= 11 is 0. The van der Waals surface area contributed by atoms with E-state index in [1.165, 1.54) is 6.07 Å². The van der Waals surface area contributed by atoms with Crippen LogP contribution in [0.2, 0.25) is 0 Å². The summed E-state index contributed by atoms with van der Waals surface area (Å²) in [4.78, 5) is 37.0. The Morgan fingerprint density at radius 1 is 1.25 bits per heavy atom. The first-order chi connectivity index (χ1) is 9.63. The third-order valence-electron chi connectivity index (χ3n) is 3.46. The van der Waals surface area contributed by atoms with Gasteiger partial charge in [-0.1, -0.05) is 19.4 Å². The van der Waals surface area contributed by atoms with Crippen LogP contribution in [0.5, 0.6) is 0 Å². The Morgan fingerprint density at radius 2 is 2.05 bits per heavy atom. The van der Waals surface area contributed by atoms with Gasteiger partial charge in [0, 0.05) is 25.4 Å². The van der Waals surface area contributed by atoms with Gasteiger partial charge in [0.05, 0.1) is 6.54 Å². The molecule has 1 aromatic heterocycles. The van der Waals surface area contributed by atoms with Gasteiger partial charge in [0.2, 0.25) is 11.8 Å². The minimum absolute atomic E-state index is 0.0444. The van der Waals surface area contributed by atoms with Crippen molar-refractivity contribution in [3.05, 3.63) is 34.7 Å². The molecule has 1 N–H and O–H groups in total. The van der Waals surface area contributed by atoms with E-state index in [2.05, 4.69) is 5.32 Å². The van der Waals surface area contributed by atoms with Crippen LogP contribution in [-0.4, -0.2) is 40.4 Å². The third kappa shape index (κ3) is 3.07. The van der Waals surface area contributed by atoms with Gasteiger partial charge < -0.3 is 14.8 Å². The number of rotatable bonds is 5. The lowest BCUT2D eigenvalue weighted by molar-refractivity contribution is -0.146. The number of pyridine rings is 1. The number of piperazine rings is 1. The number of nitrogens with one attached hydrogen (secondary N) is 1. The minimum Gasteiger partial charge on any atom is -0.345 e. The van der Waals surface area contributed by atoms with Gasteiger partial charge in [-0.15, -0.1) is 0 Å². The maximum atomic E-state index is 12.0. The molecule has 108 valence electrons. The fourth-order valence-corrected chi connectivity index (χ4v) is 2.40. The van der Waals surface area contributed by atoms with Gasteiger partial charge in [0.15, 0.2) is 0 Å². The fourth-order valence-electron chi connectivity index (χ4n) is 2.40. The molecular weight excluding hydrogens is 258 g/mol. The number of nitrogens with zero attached hydrogens (tertiary/aromatic N) is 2. The average Bonchev–Trinajstić information content (AvgIpc) is 2.44. The number of carbonyl (C=O) groups is 2. The van der Waals surface area contributed by atoms with Crippen LogP contribution in [0.3, 0.4) is 0 Å². The molecule has 1 aliphatic heterocycles. The van der Waals surface area contributed by atoms with Gasteiger partial charge in [-0.05, 0) is 12.5 Å². The monoisotopic (exact) mass is 277 g/mol. The molecule has 0 aliphatic carbocycles. The highest BCUT2D eigenvalue weighted by Gasteiger charge is 2.33. The van der Waals surface area contributed by atoms with Crippen molar-refractivity contribution in [3.8, 4) is 0 Å². The Bertz CT molecular complexity index is 553. The minimum atomic E-state index is -0.416. The predicted octanol–water partition coefficient (Wildman–Crippen LogP) is -0.0246. The SMILES string of the molecule is CCCC1C(=O)NCC(=O)N1CCn1ccccc1=O. The van der Waals surface area contributed by atoms with Crippen molar-refractivity contribution < 1.29 is 9.59 Å². The summed E-state index contributed by atoms with van der Waals surface area (Å²) in [5.74, 6) is -0.195. The first kappa shape index (κ1) is 14.3. The molecule has 1 fully saturated rings. The lowest BCUT2D eigenvalue weighted by Crippen LogP contribution is -2.59. The normalized spacial score (nSPS) is 19.1. The number of aromatic nitrogens is 1. The summed E-state index contributed by atoms with van der Waals surface area (Å²) in [6.45, 7) is 2.80. The number of carbonyl (C=O) groups excluding carboxylic acids is 2. The van der Waals surface area contributed by atoms with Crippen molar-refractivity contribution in [2.24, 2.45) is 0 Å². The topological polar surface area (TPSA) is 71.4 Å². The largest absolute Gasteiger partial charge is 0.345 e. The van der Waals surface area contributed by atoms with Gasteiger partial charge >= 0.3 is 0 Å². The molecule has 1 aliphatic rings. The van der Waals surface area contributed by atoms with E-state index in [0.29, 0.717) is 19.5 Å². The molecule has 1 saturated heterocycles. The van der Waals surface area contributed by atoms with Crippen LogP contribution in [0.15, 0.2) is 29.2 Å². The van der Waals surface area contributed by atoms with E-state index in [1.807, 2.05) is 6.92 Å². The van der Waals surface area contributed by atoms with Crippen molar-refractivity contribution in [1.82, 2.24) is 14.8 Å². The van der Waals surface area contributed by atoms with Crippen LogP contribution < -0.4 is 10.9 Å². The number of amides is 2. The summed E-state index contributed by atoms with van der Waals surface area (Å²) in [7, 11) is 0. The van der Waals surface area contributed by atoms with Crippen molar-refractivity contribution in [3.63, 3.8) is 0 Å². The van der Waals surface area contributed by atoms with Gasteiger partial charge in [-0.2, -0.15) is 0 Å².